The molecule has 0 amide bonds. The third kappa shape index (κ3) is 2.24. The van der Waals surface area contributed by atoms with Crippen LogP contribution in [0, 0.1) is 0 Å². The van der Waals surface area contributed by atoms with Gasteiger partial charge in [0.05, 0.1) is 0 Å². The Morgan fingerprint density at radius 2 is 1.43 bits per heavy atom. The highest BCUT2D eigenvalue weighted by Gasteiger charge is 2.36. The number of nitrogens with one attached hydrogen (secondary N) is 1. The van der Waals surface area contributed by atoms with Crippen molar-refractivity contribution in [3.63, 3.8) is 0 Å². The highest BCUT2D eigenvalue weighted by Crippen LogP contribution is 2.51. The summed E-state index contributed by atoms with van der Waals surface area (Å²) < 4.78 is 0. The van der Waals surface area contributed by atoms with Gasteiger partial charge in [-0.15, -0.1) is 0 Å². The average molecular weight is 299 g/mol. The summed E-state index contributed by atoms with van der Waals surface area (Å²) in [6.45, 7) is 5.48. The smallest absolute Gasteiger partial charge is 0.0425 e. The van der Waals surface area contributed by atoms with Crippen molar-refractivity contribution in [1.29, 1.82) is 0 Å². The van der Waals surface area contributed by atoms with Gasteiger partial charge in [0.1, 0.15) is 0 Å². The Hall–Kier alpha value is -2.54. The first-order chi connectivity index (χ1) is 11.2. The van der Waals surface area contributed by atoms with Gasteiger partial charge in [0.25, 0.3) is 0 Å². The van der Waals surface area contributed by atoms with Crippen LogP contribution in [0.25, 0.3) is 11.1 Å². The van der Waals surface area contributed by atoms with E-state index >= 15 is 0 Å². The molecule has 1 heteroatoms. The van der Waals surface area contributed by atoms with Crippen LogP contribution in [0.2, 0.25) is 0 Å². The minimum absolute atomic E-state index is 0.0658. The SMILES string of the molecule is CC1(C)c2ccccc2-c2c(NCc3ccccc3)cccc21. The fraction of sp³-hybridized carbons (Fsp3) is 0.182. The van der Waals surface area contributed by atoms with Gasteiger partial charge < -0.3 is 5.32 Å². The molecule has 0 aliphatic heterocycles. The van der Waals surface area contributed by atoms with E-state index in [1.54, 1.807) is 0 Å². The summed E-state index contributed by atoms with van der Waals surface area (Å²) in [5, 5.41) is 3.64. The van der Waals surface area contributed by atoms with E-state index in [-0.39, 0.29) is 5.41 Å². The van der Waals surface area contributed by atoms with Crippen LogP contribution in [0.5, 0.6) is 0 Å². The second kappa shape index (κ2) is 5.27. The summed E-state index contributed by atoms with van der Waals surface area (Å²) in [6.07, 6.45) is 0. The van der Waals surface area contributed by atoms with Crippen molar-refractivity contribution in [3.8, 4) is 11.1 Å². The van der Waals surface area contributed by atoms with E-state index in [0.717, 1.165) is 6.54 Å². The molecule has 0 atom stereocenters. The summed E-state index contributed by atoms with van der Waals surface area (Å²) in [5.41, 5.74) is 8.16. The molecule has 4 rings (SSSR count). The van der Waals surface area contributed by atoms with Crippen LogP contribution in [0.1, 0.15) is 30.5 Å². The molecule has 23 heavy (non-hydrogen) atoms. The molecular weight excluding hydrogens is 278 g/mol. The van der Waals surface area contributed by atoms with Gasteiger partial charge in [0.2, 0.25) is 0 Å². The predicted octanol–water partition coefficient (Wildman–Crippen LogP) is 5.61. The average Bonchev–Trinajstić information content (AvgIpc) is 2.83. The number of rotatable bonds is 3. The van der Waals surface area contributed by atoms with E-state index in [9.17, 15) is 0 Å². The summed E-state index contributed by atoms with van der Waals surface area (Å²) in [7, 11) is 0. The molecule has 0 bridgehead atoms. The zero-order chi connectivity index (χ0) is 15.9. The molecule has 0 saturated heterocycles. The van der Waals surface area contributed by atoms with Gasteiger partial charge in [-0.05, 0) is 28.3 Å². The molecule has 0 spiro atoms. The Balaban J connectivity index is 1.77. The summed E-state index contributed by atoms with van der Waals surface area (Å²) in [6, 6.07) is 26.0. The quantitative estimate of drug-likeness (QED) is 0.663. The number of hydrogen-bond donors (Lipinski definition) is 1. The lowest BCUT2D eigenvalue weighted by molar-refractivity contribution is 0.660. The predicted molar refractivity (Wildman–Crippen MR) is 97.8 cm³/mol. The molecule has 0 unspecified atom stereocenters. The molecule has 0 fully saturated rings. The molecule has 1 nitrogen and oxygen atoms in total. The number of anilines is 1. The van der Waals surface area contributed by atoms with Crippen molar-refractivity contribution < 1.29 is 0 Å². The number of benzene rings is 3. The standard InChI is InChI=1S/C22H21N/c1-22(2)18-12-7-6-11-17(18)21-19(22)13-8-14-20(21)23-15-16-9-4-3-5-10-16/h3-14,23H,15H2,1-2H3. The first kappa shape index (κ1) is 14.1. The van der Waals surface area contributed by atoms with E-state index in [2.05, 4.69) is 92.0 Å². The molecule has 3 aromatic rings. The van der Waals surface area contributed by atoms with E-state index < -0.39 is 0 Å². The highest BCUT2D eigenvalue weighted by atomic mass is 14.9. The van der Waals surface area contributed by atoms with Gasteiger partial charge in [-0.2, -0.15) is 0 Å². The molecule has 3 aromatic carbocycles. The summed E-state index contributed by atoms with van der Waals surface area (Å²) in [4.78, 5) is 0. The molecule has 0 heterocycles. The minimum Gasteiger partial charge on any atom is -0.380 e. The molecule has 0 saturated carbocycles. The Kier molecular flexibility index (Phi) is 3.23. The molecular formula is C22H21N. The number of fused-ring (bicyclic) bond motifs is 3. The maximum atomic E-state index is 3.64. The second-order valence-electron chi connectivity index (χ2n) is 6.74. The van der Waals surface area contributed by atoms with Crippen molar-refractivity contribution in [1.82, 2.24) is 0 Å². The Bertz CT molecular complexity index is 847. The third-order valence-corrected chi connectivity index (χ3v) is 4.93. The molecule has 1 N–H and O–H groups in total. The third-order valence-electron chi connectivity index (χ3n) is 4.93. The largest absolute Gasteiger partial charge is 0.380 e. The topological polar surface area (TPSA) is 12.0 Å². The molecule has 0 radical (unpaired) electrons. The first-order valence-electron chi connectivity index (χ1n) is 8.19. The van der Waals surface area contributed by atoms with E-state index in [4.69, 9.17) is 0 Å². The maximum absolute atomic E-state index is 3.64. The molecule has 1 aliphatic rings. The second-order valence-corrected chi connectivity index (χ2v) is 6.74. The van der Waals surface area contributed by atoms with E-state index in [1.807, 2.05) is 0 Å². The molecule has 1 aliphatic carbocycles. The fourth-order valence-corrected chi connectivity index (χ4v) is 3.69. The maximum Gasteiger partial charge on any atom is 0.0425 e. The molecule has 114 valence electrons. The van der Waals surface area contributed by atoms with Crippen molar-refractivity contribution >= 4 is 5.69 Å². The summed E-state index contributed by atoms with van der Waals surface area (Å²) in [5.74, 6) is 0. The van der Waals surface area contributed by atoms with Gasteiger partial charge in [-0.3, -0.25) is 0 Å². The van der Waals surface area contributed by atoms with Gasteiger partial charge in [0, 0.05) is 23.2 Å². The van der Waals surface area contributed by atoms with E-state index in [0.29, 0.717) is 0 Å². The Morgan fingerprint density at radius 1 is 0.739 bits per heavy atom. The zero-order valence-electron chi connectivity index (χ0n) is 13.6. The first-order valence-corrected chi connectivity index (χ1v) is 8.19. The van der Waals surface area contributed by atoms with Crippen LogP contribution in [-0.2, 0) is 12.0 Å². The monoisotopic (exact) mass is 299 g/mol. The normalized spacial score (nSPS) is 14.2. The molecule has 0 aromatic heterocycles. The van der Waals surface area contributed by atoms with Crippen molar-refractivity contribution in [2.45, 2.75) is 25.8 Å². The lowest BCUT2D eigenvalue weighted by Crippen LogP contribution is -2.14. The lowest BCUT2D eigenvalue weighted by atomic mass is 9.82. The van der Waals surface area contributed by atoms with Gasteiger partial charge in [-0.1, -0.05) is 80.6 Å². The summed E-state index contributed by atoms with van der Waals surface area (Å²) >= 11 is 0. The fourth-order valence-electron chi connectivity index (χ4n) is 3.69. The minimum atomic E-state index is 0.0658. The van der Waals surface area contributed by atoms with Crippen LogP contribution < -0.4 is 5.32 Å². The van der Waals surface area contributed by atoms with E-state index in [1.165, 1.54) is 33.5 Å². The van der Waals surface area contributed by atoms with Crippen molar-refractivity contribution in [2.75, 3.05) is 5.32 Å². The van der Waals surface area contributed by atoms with Crippen LogP contribution in [0.4, 0.5) is 5.69 Å². The Morgan fingerprint density at radius 3 is 2.26 bits per heavy atom. The van der Waals surface area contributed by atoms with Crippen LogP contribution in [-0.4, -0.2) is 0 Å². The van der Waals surface area contributed by atoms with Gasteiger partial charge >= 0.3 is 0 Å². The van der Waals surface area contributed by atoms with Gasteiger partial charge in [-0.25, -0.2) is 0 Å². The van der Waals surface area contributed by atoms with Gasteiger partial charge in [0.15, 0.2) is 0 Å². The van der Waals surface area contributed by atoms with Crippen LogP contribution >= 0.6 is 0 Å². The lowest BCUT2D eigenvalue weighted by Gasteiger charge is -2.21. The van der Waals surface area contributed by atoms with Crippen LogP contribution in [0.3, 0.4) is 0 Å². The zero-order valence-corrected chi connectivity index (χ0v) is 13.6. The highest BCUT2D eigenvalue weighted by molar-refractivity contribution is 5.89. The van der Waals surface area contributed by atoms with Crippen LogP contribution in [0.15, 0.2) is 72.8 Å². The Labute approximate surface area is 138 Å². The number of hydrogen-bond acceptors (Lipinski definition) is 1. The van der Waals surface area contributed by atoms with Crippen molar-refractivity contribution in [2.24, 2.45) is 0 Å². The van der Waals surface area contributed by atoms with Crippen molar-refractivity contribution in [3.05, 3.63) is 89.5 Å².